The van der Waals surface area contributed by atoms with Crippen LogP contribution < -0.4 is 20.7 Å². The van der Waals surface area contributed by atoms with Gasteiger partial charge in [-0.05, 0) is 48.9 Å². The Kier molecular flexibility index (Phi) is 9.93. The largest absolute Gasteiger partial charge is 0.484 e. The second-order valence-electron chi connectivity index (χ2n) is 8.64. The Balaban J connectivity index is 1.79. The molecule has 2 aromatic carbocycles. The molecule has 1 aromatic heterocycles. The van der Waals surface area contributed by atoms with Crippen molar-refractivity contribution in [1.29, 1.82) is 5.41 Å². The molecule has 0 bridgehead atoms. The number of anilines is 2. The Morgan fingerprint density at radius 2 is 1.68 bits per heavy atom. The fourth-order valence-corrected chi connectivity index (χ4v) is 3.37. The Morgan fingerprint density at radius 1 is 0.947 bits per heavy atom. The number of benzene rings is 2. The van der Waals surface area contributed by atoms with Crippen LogP contribution in [0, 0.1) is 5.41 Å². The zero-order valence-electron chi connectivity index (χ0n) is 21.7. The Morgan fingerprint density at radius 3 is 2.34 bits per heavy atom. The van der Waals surface area contributed by atoms with Crippen LogP contribution in [0.15, 0.2) is 66.9 Å². The smallest absolute Gasteiger partial charge is 0.259 e. The number of unbranched alkanes of at least 4 members (excludes halogenated alkanes) is 1. The van der Waals surface area contributed by atoms with Crippen LogP contribution in [-0.2, 0) is 4.79 Å². The lowest BCUT2D eigenvalue weighted by Gasteiger charge is -2.15. The summed E-state index contributed by atoms with van der Waals surface area (Å²) < 4.78 is 5.59. The molecule has 0 saturated heterocycles. The molecule has 4 N–H and O–H groups in total. The molecule has 0 radical (unpaired) electrons. The van der Waals surface area contributed by atoms with E-state index in [2.05, 4.69) is 20.9 Å². The second kappa shape index (κ2) is 13.5. The Labute approximate surface area is 221 Å². The summed E-state index contributed by atoms with van der Waals surface area (Å²) in [5.74, 6) is -0.238. The van der Waals surface area contributed by atoms with Gasteiger partial charge in [-0.3, -0.25) is 19.8 Å². The first kappa shape index (κ1) is 27.9. The maximum Gasteiger partial charge on any atom is 0.259 e. The van der Waals surface area contributed by atoms with E-state index in [1.54, 1.807) is 79.8 Å². The number of ether oxygens (including phenoxy) is 1. The number of nitrogens with zero attached hydrogens (tertiary/aromatic N) is 2. The maximum atomic E-state index is 13.1. The molecule has 0 aliphatic rings. The summed E-state index contributed by atoms with van der Waals surface area (Å²) in [5, 5.41) is 16.3. The average Bonchev–Trinajstić information content (AvgIpc) is 2.92. The highest BCUT2D eigenvalue weighted by atomic mass is 16.5. The van der Waals surface area contributed by atoms with Crippen LogP contribution in [0.3, 0.4) is 0 Å². The average molecular weight is 517 g/mol. The molecule has 3 amide bonds. The lowest BCUT2D eigenvalue weighted by molar-refractivity contribution is -0.123. The first-order valence-corrected chi connectivity index (χ1v) is 12.2. The lowest BCUT2D eigenvalue weighted by Crippen LogP contribution is -2.29. The van der Waals surface area contributed by atoms with Crippen molar-refractivity contribution in [1.82, 2.24) is 15.2 Å². The molecule has 198 valence electrons. The third kappa shape index (κ3) is 7.89. The van der Waals surface area contributed by atoms with Crippen LogP contribution >= 0.6 is 0 Å². The lowest BCUT2D eigenvalue weighted by atomic mass is 10.1. The number of amides is 3. The number of nitrogens with one attached hydrogen (secondary N) is 4. The van der Waals surface area contributed by atoms with Gasteiger partial charge < -0.3 is 25.6 Å². The maximum absolute atomic E-state index is 13.1. The number of carbonyl (C=O) groups excluding carboxylic acids is 3. The van der Waals surface area contributed by atoms with Crippen molar-refractivity contribution in [3.8, 4) is 5.75 Å². The molecule has 0 spiro atoms. The third-order valence-electron chi connectivity index (χ3n) is 5.48. The summed E-state index contributed by atoms with van der Waals surface area (Å²) >= 11 is 0. The van der Waals surface area contributed by atoms with Gasteiger partial charge in [-0.25, -0.2) is 4.98 Å². The number of carbonyl (C=O) groups is 3. The number of hydrogen-bond donors (Lipinski definition) is 4. The standard InChI is InChI=1S/C28H32N6O4/c1-4-5-15-31-25(35)18-38-21-13-14-23(22(17-21)28(37)33-24-8-6-7-16-30-24)32-27(36)20-11-9-19(10-12-20)26(29)34(2)3/h6-14,16-17,29H,4-5,15,18H2,1-3H3,(H,31,35)(H,32,36)(H,30,33,37). The first-order chi connectivity index (χ1) is 18.3. The first-order valence-electron chi connectivity index (χ1n) is 12.2. The molecule has 3 rings (SSSR count). The molecule has 0 aliphatic heterocycles. The van der Waals surface area contributed by atoms with Gasteiger partial charge in [-0.2, -0.15) is 0 Å². The summed E-state index contributed by atoms with van der Waals surface area (Å²) in [5.41, 5.74) is 1.43. The highest BCUT2D eigenvalue weighted by Gasteiger charge is 2.17. The van der Waals surface area contributed by atoms with Gasteiger partial charge in [0.25, 0.3) is 17.7 Å². The molecule has 10 heteroatoms. The van der Waals surface area contributed by atoms with Crippen LogP contribution in [0.4, 0.5) is 11.5 Å². The highest BCUT2D eigenvalue weighted by Crippen LogP contribution is 2.24. The van der Waals surface area contributed by atoms with Gasteiger partial charge in [-0.1, -0.05) is 31.5 Å². The van der Waals surface area contributed by atoms with Gasteiger partial charge in [0.05, 0.1) is 11.3 Å². The van der Waals surface area contributed by atoms with Crippen molar-refractivity contribution >= 4 is 35.1 Å². The van der Waals surface area contributed by atoms with E-state index in [1.165, 1.54) is 6.07 Å². The van der Waals surface area contributed by atoms with Crippen molar-refractivity contribution < 1.29 is 19.1 Å². The minimum Gasteiger partial charge on any atom is -0.484 e. The molecule has 0 aliphatic carbocycles. The zero-order chi connectivity index (χ0) is 27.5. The molecule has 0 unspecified atom stereocenters. The van der Waals surface area contributed by atoms with Crippen molar-refractivity contribution in [3.63, 3.8) is 0 Å². The van der Waals surface area contributed by atoms with Gasteiger partial charge in [0.15, 0.2) is 6.61 Å². The van der Waals surface area contributed by atoms with E-state index >= 15 is 0 Å². The molecular formula is C28H32N6O4. The predicted octanol–water partition coefficient (Wildman–Crippen LogP) is 3.77. The van der Waals surface area contributed by atoms with E-state index < -0.39 is 11.8 Å². The zero-order valence-corrected chi connectivity index (χ0v) is 21.7. The molecular weight excluding hydrogens is 484 g/mol. The van der Waals surface area contributed by atoms with Gasteiger partial charge in [-0.15, -0.1) is 0 Å². The molecule has 0 atom stereocenters. The summed E-state index contributed by atoms with van der Waals surface area (Å²) in [6.45, 7) is 2.40. The van der Waals surface area contributed by atoms with Crippen LogP contribution in [0.25, 0.3) is 0 Å². The summed E-state index contributed by atoms with van der Waals surface area (Å²) in [4.78, 5) is 43.9. The predicted molar refractivity (Wildman–Crippen MR) is 147 cm³/mol. The van der Waals surface area contributed by atoms with Gasteiger partial charge >= 0.3 is 0 Å². The van der Waals surface area contributed by atoms with E-state index in [0.717, 1.165) is 12.8 Å². The van der Waals surface area contributed by atoms with Crippen molar-refractivity contribution in [2.75, 3.05) is 37.9 Å². The van der Waals surface area contributed by atoms with Crippen molar-refractivity contribution in [2.24, 2.45) is 0 Å². The van der Waals surface area contributed by atoms with Crippen LogP contribution in [0.2, 0.25) is 0 Å². The normalized spacial score (nSPS) is 10.3. The highest BCUT2D eigenvalue weighted by molar-refractivity contribution is 6.12. The molecule has 10 nitrogen and oxygen atoms in total. The van der Waals surface area contributed by atoms with E-state index in [-0.39, 0.29) is 23.8 Å². The van der Waals surface area contributed by atoms with E-state index in [4.69, 9.17) is 10.1 Å². The van der Waals surface area contributed by atoms with Gasteiger partial charge in [0.1, 0.15) is 17.4 Å². The van der Waals surface area contributed by atoms with Crippen molar-refractivity contribution in [2.45, 2.75) is 19.8 Å². The summed E-state index contributed by atoms with van der Waals surface area (Å²) in [6, 6.07) is 16.3. The molecule has 3 aromatic rings. The van der Waals surface area contributed by atoms with E-state index in [1.807, 2.05) is 6.92 Å². The summed E-state index contributed by atoms with van der Waals surface area (Å²) in [6.07, 6.45) is 3.39. The minimum absolute atomic E-state index is 0.138. The van der Waals surface area contributed by atoms with Crippen LogP contribution in [0.1, 0.15) is 46.0 Å². The van der Waals surface area contributed by atoms with Gasteiger partial charge in [0.2, 0.25) is 0 Å². The molecule has 1 heterocycles. The monoisotopic (exact) mass is 516 g/mol. The summed E-state index contributed by atoms with van der Waals surface area (Å²) in [7, 11) is 3.54. The number of rotatable bonds is 11. The third-order valence-corrected chi connectivity index (χ3v) is 5.48. The Hall–Kier alpha value is -4.73. The Bertz CT molecular complexity index is 1280. The molecule has 38 heavy (non-hydrogen) atoms. The van der Waals surface area contributed by atoms with E-state index in [0.29, 0.717) is 35.1 Å². The topological polar surface area (TPSA) is 137 Å². The fourth-order valence-electron chi connectivity index (χ4n) is 3.37. The molecule has 0 saturated carbocycles. The number of amidine groups is 1. The minimum atomic E-state index is -0.508. The fraction of sp³-hybridized carbons (Fsp3) is 0.250. The second-order valence-corrected chi connectivity index (χ2v) is 8.64. The van der Waals surface area contributed by atoms with Crippen LogP contribution in [-0.4, -0.2) is 60.7 Å². The van der Waals surface area contributed by atoms with Gasteiger partial charge in [0, 0.05) is 38.0 Å². The SMILES string of the molecule is CCCCNC(=O)COc1ccc(NC(=O)c2ccc(C(=N)N(C)C)cc2)c(C(=O)Nc2ccccn2)c1. The van der Waals surface area contributed by atoms with Crippen LogP contribution in [0.5, 0.6) is 5.75 Å². The van der Waals surface area contributed by atoms with E-state index in [9.17, 15) is 14.4 Å². The number of aromatic nitrogens is 1. The number of hydrogen-bond acceptors (Lipinski definition) is 6. The quantitative estimate of drug-likeness (QED) is 0.174. The van der Waals surface area contributed by atoms with Crippen molar-refractivity contribution in [3.05, 3.63) is 83.6 Å². The molecule has 0 fully saturated rings. The number of pyridine rings is 1.